The fourth-order valence-electron chi connectivity index (χ4n) is 1.73. The van der Waals surface area contributed by atoms with Gasteiger partial charge in [-0.05, 0) is 32.4 Å². The van der Waals surface area contributed by atoms with Crippen molar-refractivity contribution in [3.8, 4) is 5.75 Å². The van der Waals surface area contributed by atoms with E-state index in [9.17, 15) is 18.0 Å². The van der Waals surface area contributed by atoms with Crippen molar-refractivity contribution < 1.29 is 22.7 Å². The molecule has 0 heterocycles. The van der Waals surface area contributed by atoms with Crippen LogP contribution < -0.4 is 21.1 Å². The lowest BCUT2D eigenvalue weighted by Gasteiger charge is -2.17. The summed E-state index contributed by atoms with van der Waals surface area (Å²) >= 11 is 0. The summed E-state index contributed by atoms with van der Waals surface area (Å²) in [4.78, 5) is 15.5. The van der Waals surface area contributed by atoms with Gasteiger partial charge in [0.15, 0.2) is 5.96 Å². The minimum absolute atomic E-state index is 0.0852. The number of aliphatic imine (C=N–C) groups is 1. The number of hydrogen-bond acceptors (Lipinski definition) is 3. The smallest absolute Gasteiger partial charge is 0.405 e. The molecular weight excluding hydrogens is 301 g/mol. The molecule has 1 rings (SSSR count). The number of rotatable bonds is 3. The third kappa shape index (κ3) is 5.15. The van der Waals surface area contributed by atoms with Crippen LogP contribution in [0, 0.1) is 13.8 Å². The highest BCUT2D eigenvalue weighted by Gasteiger charge is 2.32. The van der Waals surface area contributed by atoms with Crippen LogP contribution in [0.2, 0.25) is 0 Å². The molecule has 0 bridgehead atoms. The molecule has 0 spiro atoms. The first-order valence-electron chi connectivity index (χ1n) is 6.38. The largest absolute Gasteiger partial charge is 0.573 e. The summed E-state index contributed by atoms with van der Waals surface area (Å²) in [6, 6.07) is 1.89. The van der Waals surface area contributed by atoms with Gasteiger partial charge in [0.05, 0.1) is 5.69 Å². The summed E-state index contributed by atoms with van der Waals surface area (Å²) < 4.78 is 40.9. The van der Waals surface area contributed by atoms with Crippen molar-refractivity contribution in [2.45, 2.75) is 27.1 Å². The van der Waals surface area contributed by atoms with Crippen molar-refractivity contribution in [3.05, 3.63) is 23.3 Å². The molecule has 4 N–H and O–H groups in total. The fourth-order valence-corrected chi connectivity index (χ4v) is 1.73. The highest BCUT2D eigenvalue weighted by molar-refractivity contribution is 6.02. The van der Waals surface area contributed by atoms with E-state index in [1.165, 1.54) is 19.1 Å². The van der Waals surface area contributed by atoms with Gasteiger partial charge in [-0.3, -0.25) is 10.3 Å². The van der Waals surface area contributed by atoms with Crippen molar-refractivity contribution in [2.24, 2.45) is 10.7 Å². The molecule has 0 saturated heterocycles. The number of nitrogens with one attached hydrogen (secondary N) is 2. The molecule has 2 amide bonds. The second-order valence-corrected chi connectivity index (χ2v) is 4.37. The maximum atomic E-state index is 12.3. The number of guanidine groups is 1. The number of hydrogen-bond donors (Lipinski definition) is 3. The summed E-state index contributed by atoms with van der Waals surface area (Å²) in [6.07, 6.45) is -4.81. The van der Waals surface area contributed by atoms with E-state index < -0.39 is 12.4 Å². The lowest BCUT2D eigenvalue weighted by atomic mass is 10.1. The van der Waals surface area contributed by atoms with E-state index in [0.29, 0.717) is 12.1 Å². The summed E-state index contributed by atoms with van der Waals surface area (Å²) in [5.74, 6) is -0.471. The average molecular weight is 318 g/mol. The van der Waals surface area contributed by atoms with E-state index in [4.69, 9.17) is 5.73 Å². The van der Waals surface area contributed by atoms with Gasteiger partial charge < -0.3 is 15.8 Å². The maximum absolute atomic E-state index is 12.3. The number of carbonyl (C=O) groups excluding carboxylic acids is 1. The van der Waals surface area contributed by atoms with Crippen LogP contribution in [0.1, 0.15) is 18.1 Å². The molecule has 6 nitrogen and oxygen atoms in total. The highest BCUT2D eigenvalue weighted by atomic mass is 19.4. The monoisotopic (exact) mass is 318 g/mol. The van der Waals surface area contributed by atoms with Crippen LogP contribution in [0.15, 0.2) is 17.1 Å². The zero-order valence-corrected chi connectivity index (χ0v) is 12.3. The number of alkyl halides is 3. The molecule has 0 fully saturated rings. The number of benzene rings is 1. The van der Waals surface area contributed by atoms with Gasteiger partial charge in [0.1, 0.15) is 5.75 Å². The normalized spacial score (nSPS) is 12.0. The molecule has 0 unspecified atom stereocenters. The van der Waals surface area contributed by atoms with Gasteiger partial charge in [-0.2, -0.15) is 0 Å². The van der Waals surface area contributed by atoms with Crippen molar-refractivity contribution in [1.29, 1.82) is 0 Å². The summed E-state index contributed by atoms with van der Waals surface area (Å²) in [7, 11) is 0. The van der Waals surface area contributed by atoms with Crippen LogP contribution in [0.5, 0.6) is 5.75 Å². The van der Waals surface area contributed by atoms with E-state index in [1.807, 2.05) is 0 Å². The quantitative estimate of drug-likeness (QED) is 0.591. The molecule has 0 atom stereocenters. The summed E-state index contributed by atoms with van der Waals surface area (Å²) in [5, 5.41) is 4.70. The lowest BCUT2D eigenvalue weighted by molar-refractivity contribution is -0.274. The van der Waals surface area contributed by atoms with Crippen molar-refractivity contribution >= 4 is 17.7 Å². The molecule has 9 heteroatoms. The highest BCUT2D eigenvalue weighted by Crippen LogP contribution is 2.32. The standard InChI is InChI=1S/C13H17F3N4O2/c1-4-18-11(17)20-12(21)19-10-7(2)5-6-9(8(10)3)22-13(14,15)16/h5-6H,4H2,1-3H3,(H4,17,18,19,20,21). The molecule has 1 aromatic rings. The Hall–Kier alpha value is -2.45. The van der Waals surface area contributed by atoms with E-state index in [1.54, 1.807) is 13.8 Å². The molecule has 0 radical (unpaired) electrons. The number of urea groups is 1. The van der Waals surface area contributed by atoms with E-state index in [0.717, 1.165) is 0 Å². The van der Waals surface area contributed by atoms with Crippen LogP contribution in [-0.2, 0) is 0 Å². The van der Waals surface area contributed by atoms with E-state index in [2.05, 4.69) is 20.4 Å². The topological polar surface area (TPSA) is 88.7 Å². The zero-order valence-electron chi connectivity index (χ0n) is 12.3. The van der Waals surface area contributed by atoms with Crippen LogP contribution in [-0.4, -0.2) is 24.9 Å². The molecule has 0 aliphatic rings. The predicted molar refractivity (Wildman–Crippen MR) is 76.9 cm³/mol. The molecule has 0 aliphatic heterocycles. The van der Waals surface area contributed by atoms with Gasteiger partial charge in [-0.25, -0.2) is 4.79 Å². The Kier molecular flexibility index (Phi) is 5.61. The third-order valence-corrected chi connectivity index (χ3v) is 2.66. The minimum Gasteiger partial charge on any atom is -0.405 e. The number of anilines is 1. The first-order chi connectivity index (χ1) is 10.1. The maximum Gasteiger partial charge on any atom is 0.573 e. The number of nitrogens with zero attached hydrogens (tertiary/aromatic N) is 1. The molecule has 122 valence electrons. The van der Waals surface area contributed by atoms with Crippen LogP contribution in [0.25, 0.3) is 0 Å². The fraction of sp³-hybridized carbons (Fsp3) is 0.385. The first-order valence-corrected chi connectivity index (χ1v) is 6.38. The molecular formula is C13H17F3N4O2. The minimum atomic E-state index is -4.81. The Morgan fingerprint density at radius 1 is 1.36 bits per heavy atom. The lowest BCUT2D eigenvalue weighted by Crippen LogP contribution is -2.40. The van der Waals surface area contributed by atoms with Crippen LogP contribution >= 0.6 is 0 Å². The molecule has 0 aliphatic carbocycles. The molecule has 22 heavy (non-hydrogen) atoms. The molecule has 1 aromatic carbocycles. The van der Waals surface area contributed by atoms with Gasteiger partial charge in [-0.1, -0.05) is 6.07 Å². The zero-order chi connectivity index (χ0) is 16.9. The van der Waals surface area contributed by atoms with Gasteiger partial charge >= 0.3 is 12.4 Å². The SMILES string of the molecule is CCN=C(N)NC(=O)Nc1c(C)ccc(OC(F)(F)F)c1C. The Morgan fingerprint density at radius 3 is 2.55 bits per heavy atom. The molecule has 0 aromatic heterocycles. The van der Waals surface area contributed by atoms with Gasteiger partial charge in [0, 0.05) is 12.1 Å². The number of nitrogens with two attached hydrogens (primary N) is 1. The van der Waals surface area contributed by atoms with Crippen molar-refractivity contribution in [2.75, 3.05) is 11.9 Å². The Morgan fingerprint density at radius 2 is 2.00 bits per heavy atom. The van der Waals surface area contributed by atoms with Crippen molar-refractivity contribution in [3.63, 3.8) is 0 Å². The summed E-state index contributed by atoms with van der Waals surface area (Å²) in [6.45, 7) is 5.18. The first kappa shape index (κ1) is 17.6. The average Bonchev–Trinajstić information content (AvgIpc) is 2.37. The predicted octanol–water partition coefficient (Wildman–Crippen LogP) is 2.66. The van der Waals surface area contributed by atoms with Crippen molar-refractivity contribution in [1.82, 2.24) is 5.32 Å². The van der Waals surface area contributed by atoms with Gasteiger partial charge in [0.2, 0.25) is 0 Å². The van der Waals surface area contributed by atoms with E-state index >= 15 is 0 Å². The number of ether oxygens (including phenoxy) is 1. The van der Waals surface area contributed by atoms with Crippen LogP contribution in [0.3, 0.4) is 0 Å². The molecule has 0 saturated carbocycles. The van der Waals surface area contributed by atoms with E-state index in [-0.39, 0.29) is 23.0 Å². The Bertz CT molecular complexity index is 585. The Labute approximate surface area is 125 Å². The second-order valence-electron chi connectivity index (χ2n) is 4.37. The number of halogens is 3. The summed E-state index contributed by atoms with van der Waals surface area (Å²) in [5.41, 5.74) is 6.37. The number of aryl methyl sites for hydroxylation is 1. The third-order valence-electron chi connectivity index (χ3n) is 2.66. The second kappa shape index (κ2) is 7.01. The van der Waals surface area contributed by atoms with Gasteiger partial charge in [-0.15, -0.1) is 13.2 Å². The number of amides is 2. The number of carbonyl (C=O) groups is 1. The van der Waals surface area contributed by atoms with Gasteiger partial charge in [0.25, 0.3) is 0 Å². The Balaban J connectivity index is 2.97. The van der Waals surface area contributed by atoms with Crippen LogP contribution in [0.4, 0.5) is 23.7 Å².